The second-order valence-corrected chi connectivity index (χ2v) is 7.35. The summed E-state index contributed by atoms with van der Waals surface area (Å²) in [5, 5.41) is 17.7. The topological polar surface area (TPSA) is 77.2 Å². The molecule has 8 heteroatoms. The molecule has 0 bridgehead atoms. The van der Waals surface area contributed by atoms with Crippen molar-refractivity contribution >= 4 is 33.7 Å². The van der Waals surface area contributed by atoms with E-state index in [1.165, 1.54) is 5.56 Å². The van der Waals surface area contributed by atoms with Crippen molar-refractivity contribution < 1.29 is 14.6 Å². The average Bonchev–Trinajstić information content (AvgIpc) is 3.00. The zero-order valence-corrected chi connectivity index (χ0v) is 17.1. The molecule has 0 aliphatic carbocycles. The van der Waals surface area contributed by atoms with Crippen LogP contribution in [-0.2, 0) is 24.2 Å². The number of carbonyl (C=O) groups is 1. The van der Waals surface area contributed by atoms with E-state index in [0.29, 0.717) is 24.7 Å². The van der Waals surface area contributed by atoms with Crippen LogP contribution in [0.1, 0.15) is 24.7 Å². The molecule has 1 aromatic carbocycles. The lowest BCUT2D eigenvalue weighted by molar-refractivity contribution is -0.133. The summed E-state index contributed by atoms with van der Waals surface area (Å²) in [5.74, 6) is 0.715. The first-order valence-corrected chi connectivity index (χ1v) is 10.1. The van der Waals surface area contributed by atoms with E-state index < -0.39 is 5.97 Å². The van der Waals surface area contributed by atoms with Crippen molar-refractivity contribution in [3.05, 3.63) is 46.7 Å². The number of ether oxygens (including phenoxy) is 1. The molecule has 0 radical (unpaired) electrons. The Hall–Kier alpha value is -1.80. The monoisotopic (exact) mass is 439 g/mol. The van der Waals surface area contributed by atoms with Gasteiger partial charge in [-0.25, -0.2) is 0 Å². The molecule has 1 aromatic heterocycles. The number of aryl methyl sites for hydroxylation is 2. The zero-order chi connectivity index (χ0) is 18.9. The van der Waals surface area contributed by atoms with Gasteiger partial charge in [-0.3, -0.25) is 4.79 Å². The molecule has 0 unspecified atom stereocenters. The maximum atomic E-state index is 10.7. The largest absolute Gasteiger partial charge is 0.492 e. The number of hydrogen-bond acceptors (Lipinski definition) is 5. The Morgan fingerprint density at radius 2 is 2.27 bits per heavy atom. The predicted octanol–water partition coefficient (Wildman–Crippen LogP) is 3.98. The van der Waals surface area contributed by atoms with Gasteiger partial charge in [-0.2, -0.15) is 0 Å². The fourth-order valence-electron chi connectivity index (χ4n) is 2.34. The van der Waals surface area contributed by atoms with Gasteiger partial charge in [0.1, 0.15) is 11.6 Å². The van der Waals surface area contributed by atoms with Crippen molar-refractivity contribution in [2.45, 2.75) is 37.9 Å². The van der Waals surface area contributed by atoms with Crippen LogP contribution < -0.4 is 4.74 Å². The van der Waals surface area contributed by atoms with Gasteiger partial charge in [-0.1, -0.05) is 30.8 Å². The summed E-state index contributed by atoms with van der Waals surface area (Å²) in [6.45, 7) is 6.97. The second-order valence-electron chi connectivity index (χ2n) is 5.55. The van der Waals surface area contributed by atoms with Crippen LogP contribution in [0.2, 0.25) is 0 Å². The number of allylic oxidation sites excluding steroid dienone is 1. The molecule has 0 spiro atoms. The maximum Gasteiger partial charge on any atom is 0.313 e. The van der Waals surface area contributed by atoms with Crippen LogP contribution >= 0.6 is 27.7 Å². The molecule has 0 amide bonds. The molecule has 2 rings (SSSR count). The fraction of sp³-hybridized carbons (Fsp3) is 0.389. The number of aromatic nitrogens is 3. The van der Waals surface area contributed by atoms with Crippen LogP contribution in [0, 0.1) is 0 Å². The van der Waals surface area contributed by atoms with E-state index in [1.807, 2.05) is 10.6 Å². The van der Waals surface area contributed by atoms with Crippen molar-refractivity contribution in [2.24, 2.45) is 0 Å². The first-order valence-electron chi connectivity index (χ1n) is 8.34. The molecule has 0 fully saturated rings. The smallest absolute Gasteiger partial charge is 0.313 e. The number of nitrogens with zero attached hydrogens (tertiary/aromatic N) is 3. The van der Waals surface area contributed by atoms with Crippen molar-refractivity contribution in [2.75, 3.05) is 12.4 Å². The molecular weight excluding hydrogens is 418 g/mol. The van der Waals surface area contributed by atoms with E-state index in [9.17, 15) is 4.79 Å². The first-order chi connectivity index (χ1) is 12.5. The minimum Gasteiger partial charge on any atom is -0.492 e. The standard InChI is InChI=1S/C18H22BrN3O3S/c1-3-9-22-16(20-21-18(22)26-12-17(23)24)6-5-10-25-15-8-7-13(4-2)11-14(15)19/h3,7-8,11H,1,4-6,9-10,12H2,2H3,(H,23,24). The van der Waals surface area contributed by atoms with E-state index in [1.54, 1.807) is 6.08 Å². The van der Waals surface area contributed by atoms with Gasteiger partial charge >= 0.3 is 5.97 Å². The van der Waals surface area contributed by atoms with E-state index >= 15 is 0 Å². The number of rotatable bonds is 11. The van der Waals surface area contributed by atoms with Gasteiger partial charge in [0.05, 0.1) is 16.8 Å². The van der Waals surface area contributed by atoms with E-state index in [2.05, 4.69) is 51.8 Å². The third-order valence-electron chi connectivity index (χ3n) is 3.64. The Morgan fingerprint density at radius 3 is 2.92 bits per heavy atom. The summed E-state index contributed by atoms with van der Waals surface area (Å²) >= 11 is 4.70. The first kappa shape index (κ1) is 20.5. The molecule has 140 valence electrons. The third-order valence-corrected chi connectivity index (χ3v) is 5.21. The molecule has 0 aliphatic heterocycles. The van der Waals surface area contributed by atoms with Gasteiger partial charge in [-0.15, -0.1) is 16.8 Å². The molecule has 2 aromatic rings. The van der Waals surface area contributed by atoms with Crippen LogP contribution in [0.3, 0.4) is 0 Å². The molecule has 0 atom stereocenters. The Balaban J connectivity index is 1.90. The zero-order valence-electron chi connectivity index (χ0n) is 14.7. The van der Waals surface area contributed by atoms with Gasteiger partial charge in [-0.05, 0) is 46.5 Å². The van der Waals surface area contributed by atoms with Crippen LogP contribution in [0.15, 0.2) is 40.5 Å². The number of halogens is 1. The summed E-state index contributed by atoms with van der Waals surface area (Å²) in [6.07, 6.45) is 4.21. The van der Waals surface area contributed by atoms with Gasteiger partial charge in [0.2, 0.25) is 0 Å². The summed E-state index contributed by atoms with van der Waals surface area (Å²) < 4.78 is 8.69. The minimum atomic E-state index is -0.877. The number of thioether (sulfide) groups is 1. The Bertz CT molecular complexity index is 764. The normalized spacial score (nSPS) is 10.7. The Kier molecular flexibility index (Phi) is 8.18. The van der Waals surface area contributed by atoms with E-state index in [0.717, 1.165) is 40.7 Å². The van der Waals surface area contributed by atoms with Crippen molar-refractivity contribution in [3.8, 4) is 5.75 Å². The van der Waals surface area contributed by atoms with E-state index in [-0.39, 0.29) is 5.75 Å². The van der Waals surface area contributed by atoms with Crippen LogP contribution in [-0.4, -0.2) is 38.2 Å². The van der Waals surface area contributed by atoms with Crippen LogP contribution in [0.25, 0.3) is 0 Å². The van der Waals surface area contributed by atoms with Gasteiger partial charge in [0, 0.05) is 13.0 Å². The highest BCUT2D eigenvalue weighted by atomic mass is 79.9. The molecular formula is C18H22BrN3O3S. The number of aliphatic carboxylic acids is 1. The molecule has 0 saturated heterocycles. The van der Waals surface area contributed by atoms with Gasteiger partial charge < -0.3 is 14.4 Å². The lowest BCUT2D eigenvalue weighted by Gasteiger charge is -2.10. The number of carboxylic acid groups (broad SMARTS) is 1. The highest BCUT2D eigenvalue weighted by Gasteiger charge is 2.13. The number of carboxylic acids is 1. The maximum absolute atomic E-state index is 10.7. The number of hydrogen-bond donors (Lipinski definition) is 1. The van der Waals surface area contributed by atoms with Gasteiger partial charge in [0.15, 0.2) is 5.16 Å². The SMILES string of the molecule is C=CCn1c(CCCOc2ccc(CC)cc2Br)nnc1SCC(=O)O. The molecule has 1 heterocycles. The minimum absolute atomic E-state index is 0.0415. The lowest BCUT2D eigenvalue weighted by Crippen LogP contribution is -2.08. The van der Waals surface area contributed by atoms with Crippen LogP contribution in [0.5, 0.6) is 5.75 Å². The summed E-state index contributed by atoms with van der Waals surface area (Å²) in [7, 11) is 0. The van der Waals surface area contributed by atoms with Crippen LogP contribution in [0.4, 0.5) is 0 Å². The molecule has 0 saturated carbocycles. The molecule has 1 N–H and O–H groups in total. The van der Waals surface area contributed by atoms with Gasteiger partial charge in [0.25, 0.3) is 0 Å². The average molecular weight is 440 g/mol. The summed E-state index contributed by atoms with van der Waals surface area (Å²) in [6, 6.07) is 6.11. The second kappa shape index (κ2) is 10.4. The highest BCUT2D eigenvalue weighted by molar-refractivity contribution is 9.10. The lowest BCUT2D eigenvalue weighted by atomic mass is 10.2. The Morgan fingerprint density at radius 1 is 1.46 bits per heavy atom. The molecule has 6 nitrogen and oxygen atoms in total. The highest BCUT2D eigenvalue weighted by Crippen LogP contribution is 2.26. The third kappa shape index (κ3) is 5.88. The van der Waals surface area contributed by atoms with Crippen molar-refractivity contribution in [1.82, 2.24) is 14.8 Å². The molecule has 26 heavy (non-hydrogen) atoms. The number of benzene rings is 1. The predicted molar refractivity (Wildman–Crippen MR) is 106 cm³/mol. The summed E-state index contributed by atoms with van der Waals surface area (Å²) in [5.41, 5.74) is 1.26. The van der Waals surface area contributed by atoms with Crippen molar-refractivity contribution in [1.29, 1.82) is 0 Å². The fourth-order valence-corrected chi connectivity index (χ4v) is 3.57. The molecule has 0 aliphatic rings. The van der Waals surface area contributed by atoms with E-state index in [4.69, 9.17) is 9.84 Å². The quantitative estimate of drug-likeness (QED) is 0.324. The summed E-state index contributed by atoms with van der Waals surface area (Å²) in [4.78, 5) is 10.7. The Labute approximate surface area is 165 Å². The van der Waals surface area contributed by atoms with Crippen molar-refractivity contribution in [3.63, 3.8) is 0 Å².